The van der Waals surface area contributed by atoms with Gasteiger partial charge in [-0.2, -0.15) is 4.48 Å². The second-order valence-electron chi connectivity index (χ2n) is 10.8. The highest BCUT2D eigenvalue weighted by atomic mass is 16.5. The monoisotopic (exact) mass is 620 g/mol. The predicted molar refractivity (Wildman–Crippen MR) is 171 cm³/mol. The molecule has 1 aliphatic heterocycles. The molecule has 11 nitrogen and oxygen atoms in total. The van der Waals surface area contributed by atoms with Gasteiger partial charge < -0.3 is 20.9 Å². The summed E-state index contributed by atoms with van der Waals surface area (Å²) in [4.78, 5) is 59.3. The van der Waals surface area contributed by atoms with Gasteiger partial charge in [0.25, 0.3) is 0 Å². The third-order valence-electron chi connectivity index (χ3n) is 7.76. The zero-order valence-corrected chi connectivity index (χ0v) is 25.0. The van der Waals surface area contributed by atoms with Crippen molar-refractivity contribution in [2.75, 3.05) is 11.4 Å². The number of fused-ring (bicyclic) bond motifs is 1. The van der Waals surface area contributed by atoms with Gasteiger partial charge in [0, 0.05) is 12.0 Å². The Kier molecular flexibility index (Phi) is 9.84. The van der Waals surface area contributed by atoms with Crippen LogP contribution in [-0.2, 0) is 33.9 Å². The molecule has 234 valence electrons. The number of hydrogen-bond acceptors (Lipinski definition) is 6. The summed E-state index contributed by atoms with van der Waals surface area (Å²) < 4.78 is 10.2. The molecule has 0 spiro atoms. The Morgan fingerprint density at radius 2 is 1.39 bits per heavy atom. The van der Waals surface area contributed by atoms with Crippen molar-refractivity contribution in [1.29, 1.82) is 0 Å². The van der Waals surface area contributed by atoms with Crippen molar-refractivity contribution in [2.24, 2.45) is 16.5 Å². The number of rotatable bonds is 8. The van der Waals surface area contributed by atoms with E-state index in [1.54, 1.807) is 66.7 Å². The van der Waals surface area contributed by atoms with Crippen LogP contribution in [0.25, 0.3) is 0 Å². The number of guanidine groups is 1. The molecule has 4 aromatic rings. The summed E-state index contributed by atoms with van der Waals surface area (Å²) in [5.74, 6) is -1.50. The molecule has 0 bridgehead atoms. The van der Waals surface area contributed by atoms with Crippen molar-refractivity contribution < 1.29 is 33.1 Å². The van der Waals surface area contributed by atoms with E-state index in [-0.39, 0.29) is 31.4 Å². The number of hydrogen-bond donors (Lipinski definition) is 2. The second-order valence-corrected chi connectivity index (χ2v) is 10.8. The van der Waals surface area contributed by atoms with Gasteiger partial charge in [0.1, 0.15) is 18.9 Å². The third kappa shape index (κ3) is 7.28. The molecule has 46 heavy (non-hydrogen) atoms. The lowest BCUT2D eigenvalue weighted by Gasteiger charge is -2.35. The number of para-hydroxylation sites is 2. The van der Waals surface area contributed by atoms with Crippen molar-refractivity contribution in [3.63, 3.8) is 0 Å². The first kappa shape index (κ1) is 31.6. The topological polar surface area (TPSA) is 154 Å². The minimum Gasteiger partial charge on any atom is -0.443 e. The fourth-order valence-corrected chi connectivity index (χ4v) is 5.49. The molecule has 0 fully saturated rings. The van der Waals surface area contributed by atoms with E-state index < -0.39 is 40.9 Å². The van der Waals surface area contributed by atoms with Gasteiger partial charge in [-0.3, -0.25) is 9.69 Å². The number of carbonyl (C=O) groups is 4. The Labute approximate surface area is 266 Å². The summed E-state index contributed by atoms with van der Waals surface area (Å²) in [6, 6.07) is 31.3. The number of nitrogens with zero attached hydrogens (tertiary/aromatic N) is 3. The lowest BCUT2D eigenvalue weighted by Crippen LogP contribution is -2.65. The number of amides is 4. The van der Waals surface area contributed by atoms with Crippen LogP contribution in [0.4, 0.5) is 15.3 Å². The van der Waals surface area contributed by atoms with E-state index in [9.17, 15) is 19.2 Å². The summed E-state index contributed by atoms with van der Waals surface area (Å²) in [5.41, 5.74) is 15.0. The number of benzene rings is 4. The normalized spacial score (nSPS) is 17.8. The maximum absolute atomic E-state index is 14.9. The van der Waals surface area contributed by atoms with Crippen LogP contribution in [0.1, 0.15) is 23.1 Å². The molecule has 1 aliphatic rings. The van der Waals surface area contributed by atoms with Crippen LogP contribution in [0.3, 0.4) is 0 Å². The van der Waals surface area contributed by atoms with Crippen LogP contribution in [-0.4, -0.2) is 47.0 Å². The van der Waals surface area contributed by atoms with Gasteiger partial charge in [0.05, 0.1) is 18.7 Å². The first-order chi connectivity index (χ1) is 22.3. The van der Waals surface area contributed by atoms with Crippen LogP contribution in [0, 0.1) is 0 Å². The number of quaternary nitrogens is 1. The summed E-state index contributed by atoms with van der Waals surface area (Å²) >= 11 is 0. The molecule has 1 heterocycles. The van der Waals surface area contributed by atoms with E-state index in [4.69, 9.17) is 20.9 Å². The molecule has 0 saturated heterocycles. The van der Waals surface area contributed by atoms with Crippen LogP contribution in [0.5, 0.6) is 5.75 Å². The molecule has 4 amide bonds. The van der Waals surface area contributed by atoms with Gasteiger partial charge in [-0.05, 0) is 29.3 Å². The minimum absolute atomic E-state index is 0.0509. The van der Waals surface area contributed by atoms with Gasteiger partial charge in [0.2, 0.25) is 0 Å². The first-order valence-electron chi connectivity index (χ1n) is 14.7. The van der Waals surface area contributed by atoms with Crippen molar-refractivity contribution in [3.8, 4) is 5.75 Å². The van der Waals surface area contributed by atoms with Crippen LogP contribution in [0.15, 0.2) is 120 Å². The lowest BCUT2D eigenvalue weighted by atomic mass is 10.1. The Morgan fingerprint density at radius 1 is 0.804 bits per heavy atom. The van der Waals surface area contributed by atoms with Crippen molar-refractivity contribution in [2.45, 2.75) is 32.0 Å². The summed E-state index contributed by atoms with van der Waals surface area (Å²) in [5, 5.41) is 0. The maximum atomic E-state index is 14.9. The number of esters is 1. The zero-order valence-electron chi connectivity index (χ0n) is 25.0. The highest BCUT2D eigenvalue weighted by Crippen LogP contribution is 2.34. The van der Waals surface area contributed by atoms with Crippen molar-refractivity contribution >= 4 is 35.6 Å². The van der Waals surface area contributed by atoms with Gasteiger partial charge in [-0.15, -0.1) is 4.99 Å². The number of anilines is 1. The summed E-state index contributed by atoms with van der Waals surface area (Å²) in [6.45, 7) is -0.0763. The van der Waals surface area contributed by atoms with Gasteiger partial charge in [0.15, 0.2) is 6.04 Å². The molecule has 0 aromatic heterocycles. The lowest BCUT2D eigenvalue weighted by molar-refractivity contribution is -0.779. The number of nitrogens with two attached hydrogens (primary N) is 2. The number of carbonyl (C=O) groups excluding carboxylic acids is 4. The van der Waals surface area contributed by atoms with Gasteiger partial charge in [-0.25, -0.2) is 14.4 Å². The van der Waals surface area contributed by atoms with E-state index >= 15 is 0 Å². The quantitative estimate of drug-likeness (QED) is 0.0953. The third-order valence-corrected chi connectivity index (χ3v) is 7.76. The Morgan fingerprint density at radius 3 is 2.04 bits per heavy atom. The van der Waals surface area contributed by atoms with Gasteiger partial charge in [-0.1, -0.05) is 97.1 Å². The Balaban J connectivity index is 1.57. The average molecular weight is 621 g/mol. The first-order valence-corrected chi connectivity index (χ1v) is 14.7. The zero-order chi connectivity index (χ0) is 32.5. The molecule has 2 atom stereocenters. The number of primary amides is 1. The predicted octanol–water partition coefficient (Wildman–Crippen LogP) is 4.69. The second kappa shape index (κ2) is 14.3. The standard InChI is InChI=1S/C35H33N5O6/c36-33(38-35(44)45-24-26-14-6-2-7-15-26)40(21-20-25-12-4-1-5-13-25)23-27-16-10-11-19-29(27)39(34(37)43)30(32(40)42)22-31(41)46-28-17-8-3-9-18-28/h1-19,30H,20-24H2,(H3-,36,37,38,43,44)/p+1. The van der Waals surface area contributed by atoms with Gasteiger partial charge >= 0.3 is 30.0 Å². The molecule has 5 rings (SSSR count). The summed E-state index contributed by atoms with van der Waals surface area (Å²) in [6.07, 6.45) is -1.18. The fourth-order valence-electron chi connectivity index (χ4n) is 5.49. The van der Waals surface area contributed by atoms with Crippen molar-refractivity contribution in [3.05, 3.63) is 132 Å². The molecule has 2 unspecified atom stereocenters. The molecular weight excluding hydrogens is 586 g/mol. The van der Waals surface area contributed by atoms with E-state index in [1.807, 2.05) is 48.5 Å². The van der Waals surface area contributed by atoms with E-state index in [2.05, 4.69) is 4.99 Å². The molecule has 0 aliphatic carbocycles. The molecule has 4 N–H and O–H groups in total. The van der Waals surface area contributed by atoms with E-state index in [0.29, 0.717) is 17.7 Å². The smallest absolute Gasteiger partial charge is 0.440 e. The number of ether oxygens (including phenoxy) is 2. The molecular formula is C35H34N5O6+. The fraction of sp³-hybridized carbons (Fsp3) is 0.171. The average Bonchev–Trinajstić information content (AvgIpc) is 3.17. The Hall–Kier alpha value is -5.81. The Bertz CT molecular complexity index is 1730. The highest BCUT2D eigenvalue weighted by Gasteiger charge is 2.52. The van der Waals surface area contributed by atoms with Crippen LogP contribution in [0.2, 0.25) is 0 Å². The van der Waals surface area contributed by atoms with E-state index in [1.165, 1.54) is 0 Å². The van der Waals surface area contributed by atoms with Crippen LogP contribution < -0.4 is 21.1 Å². The molecule has 11 heteroatoms. The number of aliphatic imine (C=N–C) groups is 1. The largest absolute Gasteiger partial charge is 0.443 e. The molecule has 4 aromatic carbocycles. The van der Waals surface area contributed by atoms with Crippen LogP contribution >= 0.6 is 0 Å². The van der Waals surface area contributed by atoms with E-state index in [0.717, 1.165) is 16.0 Å². The van der Waals surface area contributed by atoms with Crippen molar-refractivity contribution in [1.82, 2.24) is 0 Å². The SMILES string of the molecule is NC(=O)N1c2ccccc2C[N+](CCc2ccccc2)(C(N)=NC(=O)OCc2ccccc2)C(=O)C1CC(=O)Oc1ccccc1. The minimum atomic E-state index is -1.44. The highest BCUT2D eigenvalue weighted by molar-refractivity contribution is 6.03. The summed E-state index contributed by atoms with van der Waals surface area (Å²) in [7, 11) is 0. The molecule has 0 radical (unpaired) electrons. The maximum Gasteiger partial charge on any atom is 0.440 e. The molecule has 0 saturated carbocycles. The number of urea groups is 1.